The number of nitrogens with one attached hydrogen (secondary N) is 2. The fourth-order valence-electron chi connectivity index (χ4n) is 4.08. The van der Waals surface area contributed by atoms with Crippen LogP contribution in [-0.2, 0) is 14.8 Å². The average molecular weight is 495 g/mol. The smallest absolute Gasteiger partial charge is 0.261 e. The van der Waals surface area contributed by atoms with E-state index in [2.05, 4.69) is 35.6 Å². The summed E-state index contributed by atoms with van der Waals surface area (Å²) < 4.78 is 25.6. The second kappa shape index (κ2) is 8.58. The first-order valence-corrected chi connectivity index (χ1v) is 14.6. The maximum Gasteiger partial charge on any atom is 0.261 e. The van der Waals surface area contributed by atoms with E-state index in [0.29, 0.717) is 23.8 Å². The van der Waals surface area contributed by atoms with Crippen LogP contribution in [0.3, 0.4) is 0 Å². The molecule has 10 heteroatoms. The van der Waals surface area contributed by atoms with Gasteiger partial charge in [-0.25, -0.2) is 13.4 Å². The lowest BCUT2D eigenvalue weighted by atomic mass is 9.84. The number of nitrogens with zero attached hydrogens (tertiary/aromatic N) is 2. The number of sulfonamides is 1. The third kappa shape index (κ3) is 5.69. The van der Waals surface area contributed by atoms with E-state index in [9.17, 15) is 18.3 Å². The van der Waals surface area contributed by atoms with Gasteiger partial charge in [0.1, 0.15) is 17.2 Å². The number of benzene rings is 1. The molecule has 1 aromatic carbocycles. The molecule has 182 valence electrons. The Morgan fingerprint density at radius 3 is 2.39 bits per heavy atom. The molecule has 1 unspecified atom stereocenters. The Bertz CT molecular complexity index is 1130. The zero-order valence-electron chi connectivity index (χ0n) is 20.6. The Morgan fingerprint density at radius 2 is 1.85 bits per heavy atom. The van der Waals surface area contributed by atoms with Crippen LogP contribution in [0.4, 0.5) is 11.4 Å². The maximum absolute atomic E-state index is 13.5. The van der Waals surface area contributed by atoms with Crippen molar-refractivity contribution < 1.29 is 18.3 Å². The van der Waals surface area contributed by atoms with Crippen LogP contribution in [0.25, 0.3) is 0 Å². The Labute approximate surface area is 198 Å². The Kier molecular flexibility index (Phi) is 6.63. The van der Waals surface area contributed by atoms with Crippen LogP contribution in [0, 0.1) is 10.8 Å². The van der Waals surface area contributed by atoms with E-state index in [1.807, 2.05) is 27.4 Å². The van der Waals surface area contributed by atoms with Gasteiger partial charge in [-0.1, -0.05) is 41.5 Å². The number of aliphatic hydroxyl groups is 1. The molecule has 33 heavy (non-hydrogen) atoms. The number of carbonyl (C=O) groups excluding carboxylic acids is 1. The molecule has 0 radical (unpaired) electrons. The number of aliphatic imine (C=N–C) groups is 1. The molecule has 0 fully saturated rings. The number of anilines is 1. The van der Waals surface area contributed by atoms with Crippen molar-refractivity contribution in [1.29, 1.82) is 0 Å². The molecule has 2 atom stereocenters. The number of rotatable bonds is 5. The van der Waals surface area contributed by atoms with E-state index in [-0.39, 0.29) is 28.1 Å². The molecule has 3 N–H and O–H groups in total. The van der Waals surface area contributed by atoms with Gasteiger partial charge in [-0.05, 0) is 42.1 Å². The molecule has 8 nitrogen and oxygen atoms in total. The highest BCUT2D eigenvalue weighted by Gasteiger charge is 2.47. The number of amides is 1. The van der Waals surface area contributed by atoms with Gasteiger partial charge in [-0.2, -0.15) is 0 Å². The first-order chi connectivity index (χ1) is 15.0. The van der Waals surface area contributed by atoms with Crippen molar-refractivity contribution in [3.05, 3.63) is 29.5 Å². The number of hydrogen-bond donors (Lipinski definition) is 3. The van der Waals surface area contributed by atoms with Gasteiger partial charge in [0.25, 0.3) is 5.91 Å². The lowest BCUT2D eigenvalue weighted by molar-refractivity contribution is -0.128. The molecule has 2 aliphatic heterocycles. The first-order valence-electron chi connectivity index (χ1n) is 10.9. The number of carbonyl (C=O) groups is 1. The fraction of sp³-hybridized carbons (Fsp3) is 0.565. The molecule has 0 saturated carbocycles. The summed E-state index contributed by atoms with van der Waals surface area (Å²) in [5, 5.41) is 15.4. The monoisotopic (exact) mass is 494 g/mol. The Balaban J connectivity index is 2.01. The predicted molar refractivity (Wildman–Crippen MR) is 136 cm³/mol. The molecule has 0 aliphatic carbocycles. The topological polar surface area (TPSA) is 111 Å². The Morgan fingerprint density at radius 1 is 1.21 bits per heavy atom. The van der Waals surface area contributed by atoms with E-state index in [0.717, 1.165) is 18.0 Å². The molecule has 1 aromatic rings. The highest BCUT2D eigenvalue weighted by Crippen LogP contribution is 2.41. The van der Waals surface area contributed by atoms with Crippen molar-refractivity contribution in [3.63, 3.8) is 0 Å². The molecule has 2 aliphatic rings. The molecule has 3 rings (SSSR count). The summed E-state index contributed by atoms with van der Waals surface area (Å²) in [5.74, 6) is 0.204. The summed E-state index contributed by atoms with van der Waals surface area (Å²) in [6, 6.07) is 4.71. The van der Waals surface area contributed by atoms with Crippen molar-refractivity contribution >= 4 is 46.5 Å². The van der Waals surface area contributed by atoms with Gasteiger partial charge in [0.15, 0.2) is 0 Å². The predicted octanol–water partition coefficient (Wildman–Crippen LogP) is 3.85. The number of aliphatic hydroxyl groups excluding tert-OH is 1. The van der Waals surface area contributed by atoms with Crippen LogP contribution in [0.15, 0.2) is 34.5 Å². The fourth-order valence-corrected chi connectivity index (χ4v) is 6.04. The summed E-state index contributed by atoms with van der Waals surface area (Å²) in [4.78, 5) is 20.0. The minimum atomic E-state index is -3.39. The van der Waals surface area contributed by atoms with Crippen molar-refractivity contribution in [2.75, 3.05) is 24.2 Å². The third-order valence-electron chi connectivity index (χ3n) is 5.61. The standard InChI is InChI=1S/C23H35N4O4PS/c1-22(2,3)11-12-27-19(23(4,5)6)18(28)17(21(27)29)20-24-15-10-9-14(26-33(8,30)31)13-16(15)32(7)25-20/h9-10,13,19,26,28H,11-12H2,1-8H3,(H,24,25)/t19-,32?/m1/s1. The van der Waals surface area contributed by atoms with Gasteiger partial charge in [-0.3, -0.25) is 9.52 Å². The van der Waals surface area contributed by atoms with E-state index in [1.165, 1.54) is 0 Å². The SMILES string of the molecule is CP1NC(C2=C(O)[C@H](C(C)(C)C)N(CCC(C)(C)C)C2=O)=Nc2ccc(NS(C)(=O)=O)cc21. The van der Waals surface area contributed by atoms with Gasteiger partial charge >= 0.3 is 0 Å². The highest BCUT2D eigenvalue weighted by atomic mass is 32.2. The largest absolute Gasteiger partial charge is 0.509 e. The molecular formula is C23H35N4O4PS. The van der Waals surface area contributed by atoms with E-state index in [1.54, 1.807) is 23.1 Å². The van der Waals surface area contributed by atoms with Crippen LogP contribution < -0.4 is 15.1 Å². The number of fused-ring (bicyclic) bond motifs is 1. The van der Waals surface area contributed by atoms with E-state index < -0.39 is 24.1 Å². The van der Waals surface area contributed by atoms with Crippen LogP contribution >= 0.6 is 8.07 Å². The molecule has 0 aromatic heterocycles. The number of amidine groups is 1. The number of hydrogen-bond acceptors (Lipinski definition) is 6. The normalized spacial score (nSPS) is 21.6. The lowest BCUT2D eigenvalue weighted by Crippen LogP contribution is -2.45. The lowest BCUT2D eigenvalue weighted by Gasteiger charge is -2.36. The first kappa shape index (κ1) is 25.5. The van der Waals surface area contributed by atoms with Crippen LogP contribution in [0.1, 0.15) is 48.0 Å². The average Bonchev–Trinajstić information content (AvgIpc) is 2.88. The van der Waals surface area contributed by atoms with Gasteiger partial charge in [0.2, 0.25) is 10.0 Å². The summed E-state index contributed by atoms with van der Waals surface area (Å²) in [7, 11) is -4.37. The molecule has 0 bridgehead atoms. The van der Waals surface area contributed by atoms with Crippen LogP contribution in [0.2, 0.25) is 0 Å². The summed E-state index contributed by atoms with van der Waals surface area (Å²) in [5.41, 5.74) is 1.05. The van der Waals surface area contributed by atoms with Crippen molar-refractivity contribution in [2.24, 2.45) is 15.8 Å². The van der Waals surface area contributed by atoms with Gasteiger partial charge in [0.05, 0.1) is 18.0 Å². The summed E-state index contributed by atoms with van der Waals surface area (Å²) in [6.45, 7) is 15.0. The molecule has 0 saturated heterocycles. The van der Waals surface area contributed by atoms with Crippen molar-refractivity contribution in [2.45, 2.75) is 54.0 Å². The molecule has 1 amide bonds. The van der Waals surface area contributed by atoms with Gasteiger partial charge in [0, 0.05) is 25.6 Å². The minimum Gasteiger partial charge on any atom is -0.509 e. The molecular weight excluding hydrogens is 459 g/mol. The van der Waals surface area contributed by atoms with Crippen molar-refractivity contribution in [3.8, 4) is 0 Å². The Hall–Kier alpha value is -2.12. The minimum absolute atomic E-state index is 0.0508. The third-order valence-corrected chi connectivity index (χ3v) is 7.84. The van der Waals surface area contributed by atoms with Crippen molar-refractivity contribution in [1.82, 2.24) is 9.99 Å². The molecule has 2 heterocycles. The van der Waals surface area contributed by atoms with Gasteiger partial charge in [-0.15, -0.1) is 0 Å². The highest BCUT2D eigenvalue weighted by molar-refractivity contribution is 7.92. The summed E-state index contributed by atoms with van der Waals surface area (Å²) in [6.07, 6.45) is 1.92. The maximum atomic E-state index is 13.5. The van der Waals surface area contributed by atoms with E-state index in [4.69, 9.17) is 0 Å². The second-order valence-electron chi connectivity index (χ2n) is 11.0. The quantitative estimate of drug-likeness (QED) is 0.539. The van der Waals surface area contributed by atoms with E-state index >= 15 is 0 Å². The summed E-state index contributed by atoms with van der Waals surface area (Å²) >= 11 is 0. The zero-order valence-corrected chi connectivity index (χ0v) is 22.4. The second-order valence-corrected chi connectivity index (χ2v) is 14.6. The van der Waals surface area contributed by atoms with Gasteiger partial charge < -0.3 is 15.1 Å². The van der Waals surface area contributed by atoms with Crippen LogP contribution in [0.5, 0.6) is 0 Å². The zero-order chi connectivity index (χ0) is 24.9. The molecule has 0 spiro atoms. The van der Waals surface area contributed by atoms with Crippen LogP contribution in [-0.4, -0.2) is 55.7 Å².